The van der Waals surface area contributed by atoms with E-state index in [2.05, 4.69) is 0 Å². The van der Waals surface area contributed by atoms with Crippen molar-refractivity contribution in [2.75, 3.05) is 25.7 Å². The fourth-order valence-electron chi connectivity index (χ4n) is 1.04. The minimum Gasteiger partial charge on any atom is -0.398 e. The Kier molecular flexibility index (Phi) is 5.25. The van der Waals surface area contributed by atoms with Gasteiger partial charge in [0, 0.05) is 35.6 Å². The van der Waals surface area contributed by atoms with Crippen LogP contribution in [0.5, 0.6) is 0 Å². The summed E-state index contributed by atoms with van der Waals surface area (Å²) in [5.41, 5.74) is 6.48. The Morgan fingerprint density at radius 1 is 1.40 bits per heavy atom. The number of nitrogens with two attached hydrogens (primary N) is 1. The van der Waals surface area contributed by atoms with E-state index >= 15 is 0 Å². The highest BCUT2D eigenvalue weighted by Crippen LogP contribution is 2.28. The number of thioether (sulfide) groups is 1. The lowest BCUT2D eigenvalue weighted by Gasteiger charge is -2.13. The van der Waals surface area contributed by atoms with Crippen LogP contribution in [0.4, 0.5) is 5.69 Å². The molecule has 0 heterocycles. The molecule has 84 valence electrons. The minimum atomic E-state index is -0.218. The van der Waals surface area contributed by atoms with E-state index in [1.54, 1.807) is 32.0 Å². The summed E-state index contributed by atoms with van der Waals surface area (Å²) in [6, 6.07) is 5.44. The molecular weight excluding hydrogens is 234 g/mol. The maximum Gasteiger partial charge on any atom is 0.166 e. The van der Waals surface area contributed by atoms with Crippen molar-refractivity contribution in [2.24, 2.45) is 0 Å². The smallest absolute Gasteiger partial charge is 0.166 e. The van der Waals surface area contributed by atoms with E-state index in [-0.39, 0.29) is 6.29 Å². The van der Waals surface area contributed by atoms with Gasteiger partial charge in [-0.15, -0.1) is 11.8 Å². The number of rotatable bonds is 5. The highest BCUT2D eigenvalue weighted by atomic mass is 35.5. The normalized spacial score (nSPS) is 10.9. The van der Waals surface area contributed by atoms with Crippen LogP contribution in [0.2, 0.25) is 5.02 Å². The average molecular weight is 248 g/mol. The van der Waals surface area contributed by atoms with Crippen molar-refractivity contribution in [3.05, 3.63) is 23.2 Å². The van der Waals surface area contributed by atoms with Crippen LogP contribution < -0.4 is 5.73 Å². The van der Waals surface area contributed by atoms with Crippen LogP contribution in [-0.4, -0.2) is 26.3 Å². The Labute approximate surface area is 98.9 Å². The molecule has 0 spiro atoms. The van der Waals surface area contributed by atoms with Gasteiger partial charge in [-0.3, -0.25) is 0 Å². The first-order chi connectivity index (χ1) is 7.17. The third-order valence-electron chi connectivity index (χ3n) is 1.87. The van der Waals surface area contributed by atoms with Gasteiger partial charge >= 0.3 is 0 Å². The Morgan fingerprint density at radius 2 is 2.07 bits per heavy atom. The monoisotopic (exact) mass is 247 g/mol. The molecule has 0 aromatic heterocycles. The predicted octanol–water partition coefficient (Wildman–Crippen LogP) is 2.63. The number of methoxy groups -OCH3 is 2. The zero-order chi connectivity index (χ0) is 11.3. The van der Waals surface area contributed by atoms with Gasteiger partial charge in [0.05, 0.1) is 0 Å². The van der Waals surface area contributed by atoms with Crippen molar-refractivity contribution in [1.29, 1.82) is 0 Å². The summed E-state index contributed by atoms with van der Waals surface area (Å²) in [5, 5.41) is 0.645. The van der Waals surface area contributed by atoms with Crippen LogP contribution in [0.15, 0.2) is 23.1 Å². The molecule has 1 aromatic carbocycles. The van der Waals surface area contributed by atoms with Crippen molar-refractivity contribution in [3.63, 3.8) is 0 Å². The topological polar surface area (TPSA) is 44.5 Å². The second-order valence-corrected chi connectivity index (χ2v) is 4.39. The number of nitrogen functional groups attached to an aromatic ring is 1. The summed E-state index contributed by atoms with van der Waals surface area (Å²) in [5.74, 6) is 0.693. The third-order valence-corrected chi connectivity index (χ3v) is 3.23. The lowest BCUT2D eigenvalue weighted by atomic mass is 10.3. The summed E-state index contributed by atoms with van der Waals surface area (Å²) < 4.78 is 10.1. The SMILES string of the molecule is COC(CSc1ccc(Cl)cc1N)OC. The average Bonchev–Trinajstić information content (AvgIpc) is 2.22. The van der Waals surface area contributed by atoms with Gasteiger partial charge in [-0.2, -0.15) is 0 Å². The van der Waals surface area contributed by atoms with Gasteiger partial charge in [0.1, 0.15) is 0 Å². The van der Waals surface area contributed by atoms with Crippen LogP contribution in [0.25, 0.3) is 0 Å². The lowest BCUT2D eigenvalue weighted by molar-refractivity contribution is -0.0842. The number of anilines is 1. The Morgan fingerprint density at radius 3 is 2.60 bits per heavy atom. The molecule has 0 saturated carbocycles. The van der Waals surface area contributed by atoms with Gasteiger partial charge in [-0.05, 0) is 18.2 Å². The summed E-state index contributed by atoms with van der Waals surface area (Å²) in [6.45, 7) is 0. The fourth-order valence-corrected chi connectivity index (χ4v) is 2.20. The molecule has 0 atom stereocenters. The van der Waals surface area contributed by atoms with Crippen molar-refractivity contribution in [3.8, 4) is 0 Å². The van der Waals surface area contributed by atoms with Crippen LogP contribution in [0.3, 0.4) is 0 Å². The van der Waals surface area contributed by atoms with Gasteiger partial charge < -0.3 is 15.2 Å². The molecule has 3 nitrogen and oxygen atoms in total. The van der Waals surface area contributed by atoms with Gasteiger partial charge in [0.25, 0.3) is 0 Å². The molecule has 0 saturated heterocycles. The molecule has 0 radical (unpaired) electrons. The van der Waals surface area contributed by atoms with E-state index in [9.17, 15) is 0 Å². The van der Waals surface area contributed by atoms with E-state index in [1.165, 1.54) is 0 Å². The van der Waals surface area contributed by atoms with Crippen molar-refractivity contribution >= 4 is 29.1 Å². The molecule has 0 aliphatic carbocycles. The van der Waals surface area contributed by atoms with E-state index in [0.29, 0.717) is 16.5 Å². The molecule has 0 amide bonds. The van der Waals surface area contributed by atoms with Crippen molar-refractivity contribution in [2.45, 2.75) is 11.2 Å². The van der Waals surface area contributed by atoms with Crippen molar-refractivity contribution < 1.29 is 9.47 Å². The molecule has 15 heavy (non-hydrogen) atoms. The van der Waals surface area contributed by atoms with E-state index in [4.69, 9.17) is 26.8 Å². The summed E-state index contributed by atoms with van der Waals surface area (Å²) in [7, 11) is 3.22. The van der Waals surface area contributed by atoms with Gasteiger partial charge in [-0.1, -0.05) is 11.6 Å². The van der Waals surface area contributed by atoms with Gasteiger partial charge in [-0.25, -0.2) is 0 Å². The molecule has 0 aliphatic rings. The highest BCUT2D eigenvalue weighted by Gasteiger charge is 2.07. The Balaban J connectivity index is 2.57. The molecule has 1 aromatic rings. The van der Waals surface area contributed by atoms with Crippen LogP contribution in [0.1, 0.15) is 0 Å². The molecule has 0 aliphatic heterocycles. The largest absolute Gasteiger partial charge is 0.398 e. The summed E-state index contributed by atoms with van der Waals surface area (Å²) >= 11 is 7.37. The number of halogens is 1. The summed E-state index contributed by atoms with van der Waals surface area (Å²) in [4.78, 5) is 0.985. The lowest BCUT2D eigenvalue weighted by Crippen LogP contribution is -2.15. The Bertz CT molecular complexity index is 318. The quantitative estimate of drug-likeness (QED) is 0.494. The second kappa shape index (κ2) is 6.23. The first kappa shape index (κ1) is 12.6. The molecule has 2 N–H and O–H groups in total. The fraction of sp³-hybridized carbons (Fsp3) is 0.400. The minimum absolute atomic E-state index is 0.218. The predicted molar refractivity (Wildman–Crippen MR) is 64.4 cm³/mol. The Hall–Kier alpha value is -0.420. The molecule has 1 rings (SSSR count). The third kappa shape index (κ3) is 3.91. The van der Waals surface area contributed by atoms with E-state index in [0.717, 1.165) is 4.90 Å². The maximum absolute atomic E-state index is 5.80. The van der Waals surface area contributed by atoms with Crippen LogP contribution >= 0.6 is 23.4 Å². The zero-order valence-electron chi connectivity index (χ0n) is 8.70. The number of hydrogen-bond acceptors (Lipinski definition) is 4. The van der Waals surface area contributed by atoms with E-state index < -0.39 is 0 Å². The first-order valence-electron chi connectivity index (χ1n) is 4.40. The highest BCUT2D eigenvalue weighted by molar-refractivity contribution is 7.99. The first-order valence-corrected chi connectivity index (χ1v) is 5.77. The molecule has 0 fully saturated rings. The maximum atomic E-state index is 5.80. The zero-order valence-corrected chi connectivity index (χ0v) is 10.3. The van der Waals surface area contributed by atoms with Gasteiger partial charge in [0.15, 0.2) is 6.29 Å². The molecular formula is C10H14ClNO2S. The van der Waals surface area contributed by atoms with Crippen molar-refractivity contribution in [1.82, 2.24) is 0 Å². The van der Waals surface area contributed by atoms with Gasteiger partial charge in [0.2, 0.25) is 0 Å². The number of ether oxygens (including phenoxy) is 2. The number of benzene rings is 1. The standard InChI is InChI=1S/C10H14ClNO2S/c1-13-10(14-2)6-15-9-4-3-7(11)5-8(9)12/h3-5,10H,6,12H2,1-2H3. The molecule has 0 bridgehead atoms. The number of hydrogen-bond donors (Lipinski definition) is 1. The van der Waals surface area contributed by atoms with Crippen LogP contribution in [-0.2, 0) is 9.47 Å². The van der Waals surface area contributed by atoms with E-state index in [1.807, 2.05) is 12.1 Å². The van der Waals surface area contributed by atoms with Crippen LogP contribution in [0, 0.1) is 0 Å². The molecule has 5 heteroatoms. The second-order valence-electron chi connectivity index (χ2n) is 2.89. The summed E-state index contributed by atoms with van der Waals surface area (Å²) in [6.07, 6.45) is -0.218. The molecule has 0 unspecified atom stereocenters.